The van der Waals surface area contributed by atoms with Gasteiger partial charge in [-0.2, -0.15) is 0 Å². The van der Waals surface area contributed by atoms with E-state index in [1.807, 2.05) is 0 Å². The van der Waals surface area contributed by atoms with Gasteiger partial charge in [0.25, 0.3) is 0 Å². The average molecular weight is 287 g/mol. The first-order chi connectivity index (χ1) is 10.2. The number of fused-ring (bicyclic) bond motifs is 1. The third-order valence-electron chi connectivity index (χ3n) is 5.13. The minimum Gasteiger partial charge on any atom is -0.310 e. The van der Waals surface area contributed by atoms with Crippen LogP contribution in [0.5, 0.6) is 0 Å². The fourth-order valence-electron chi connectivity index (χ4n) is 3.43. The molecule has 2 atom stereocenters. The molecule has 0 saturated heterocycles. The maximum atomic E-state index is 3.77. The zero-order valence-corrected chi connectivity index (χ0v) is 14.3. The number of hydrogen-bond donors (Lipinski definition) is 1. The van der Waals surface area contributed by atoms with Crippen LogP contribution in [-0.2, 0) is 12.8 Å². The van der Waals surface area contributed by atoms with Crippen molar-refractivity contribution in [3.8, 4) is 0 Å². The van der Waals surface area contributed by atoms with Gasteiger partial charge >= 0.3 is 0 Å². The summed E-state index contributed by atoms with van der Waals surface area (Å²) in [5, 5.41) is 3.77. The summed E-state index contributed by atoms with van der Waals surface area (Å²) in [7, 11) is 0. The molecule has 0 fully saturated rings. The van der Waals surface area contributed by atoms with E-state index >= 15 is 0 Å². The van der Waals surface area contributed by atoms with E-state index in [-0.39, 0.29) is 0 Å². The van der Waals surface area contributed by atoms with Gasteiger partial charge in [-0.25, -0.2) is 0 Å². The maximum absolute atomic E-state index is 3.77. The van der Waals surface area contributed by atoms with Gasteiger partial charge in [-0.05, 0) is 68.2 Å². The van der Waals surface area contributed by atoms with Crippen molar-refractivity contribution in [2.24, 2.45) is 5.92 Å². The van der Waals surface area contributed by atoms with Gasteiger partial charge in [0.2, 0.25) is 0 Å². The zero-order valence-electron chi connectivity index (χ0n) is 14.3. The fraction of sp³-hybridized carbons (Fsp3) is 0.700. The molecule has 0 amide bonds. The maximum Gasteiger partial charge on any atom is 0.0292 e. The Morgan fingerprint density at radius 2 is 1.86 bits per heavy atom. The zero-order chi connectivity index (χ0) is 15.1. The highest BCUT2D eigenvalue weighted by Crippen LogP contribution is 2.25. The second kappa shape index (κ2) is 8.58. The van der Waals surface area contributed by atoms with Crippen molar-refractivity contribution in [1.82, 2.24) is 5.32 Å². The van der Waals surface area contributed by atoms with E-state index in [0.29, 0.717) is 6.04 Å². The third-order valence-corrected chi connectivity index (χ3v) is 5.13. The van der Waals surface area contributed by atoms with E-state index in [4.69, 9.17) is 0 Å². The molecule has 0 bridgehead atoms. The largest absolute Gasteiger partial charge is 0.310 e. The molecule has 21 heavy (non-hydrogen) atoms. The summed E-state index contributed by atoms with van der Waals surface area (Å²) in [6.45, 7) is 8.09. The summed E-state index contributed by atoms with van der Waals surface area (Å²) in [5.74, 6) is 0.838. The Kier molecular flexibility index (Phi) is 6.76. The molecule has 1 N–H and O–H groups in total. The molecule has 1 nitrogen and oxygen atoms in total. The van der Waals surface area contributed by atoms with E-state index < -0.39 is 0 Å². The van der Waals surface area contributed by atoms with Gasteiger partial charge < -0.3 is 5.32 Å². The minimum atomic E-state index is 0.480. The van der Waals surface area contributed by atoms with Crippen LogP contribution in [0.2, 0.25) is 0 Å². The predicted octanol–water partition coefficient (Wildman–Crippen LogP) is 5.43. The monoisotopic (exact) mass is 287 g/mol. The molecule has 0 radical (unpaired) electrons. The molecule has 0 heterocycles. The van der Waals surface area contributed by atoms with Crippen molar-refractivity contribution >= 4 is 0 Å². The molecule has 2 rings (SSSR count). The lowest BCUT2D eigenvalue weighted by molar-refractivity contribution is 0.398. The molecular weight excluding hydrogens is 254 g/mol. The molecular formula is C20H33N. The molecule has 0 saturated carbocycles. The minimum absolute atomic E-state index is 0.480. The molecule has 1 aromatic rings. The van der Waals surface area contributed by atoms with Crippen LogP contribution < -0.4 is 5.32 Å². The second-order valence-corrected chi connectivity index (χ2v) is 6.78. The molecule has 0 spiro atoms. The highest BCUT2D eigenvalue weighted by molar-refractivity contribution is 5.35. The number of unbranched alkanes of at least 4 members (excludes halogenated alkanes) is 1. The first-order valence-electron chi connectivity index (χ1n) is 9.09. The molecule has 0 aromatic heterocycles. The summed E-state index contributed by atoms with van der Waals surface area (Å²) < 4.78 is 0. The van der Waals surface area contributed by atoms with Gasteiger partial charge in [0, 0.05) is 6.04 Å². The Morgan fingerprint density at radius 1 is 1.10 bits per heavy atom. The molecule has 118 valence electrons. The Labute approximate surface area is 131 Å². The summed E-state index contributed by atoms with van der Waals surface area (Å²) >= 11 is 0. The lowest BCUT2D eigenvalue weighted by Crippen LogP contribution is -2.25. The topological polar surface area (TPSA) is 12.0 Å². The van der Waals surface area contributed by atoms with Crippen LogP contribution >= 0.6 is 0 Å². The molecule has 1 heteroatoms. The number of benzene rings is 1. The Morgan fingerprint density at radius 3 is 2.57 bits per heavy atom. The molecule has 0 aliphatic heterocycles. The lowest BCUT2D eigenvalue weighted by Gasteiger charge is -2.22. The predicted molar refractivity (Wildman–Crippen MR) is 92.8 cm³/mol. The average Bonchev–Trinajstić information content (AvgIpc) is 2.54. The van der Waals surface area contributed by atoms with Crippen molar-refractivity contribution < 1.29 is 0 Å². The highest BCUT2D eigenvalue weighted by Gasteiger charge is 2.13. The lowest BCUT2D eigenvalue weighted by atomic mass is 9.89. The van der Waals surface area contributed by atoms with Gasteiger partial charge in [0.1, 0.15) is 0 Å². The van der Waals surface area contributed by atoms with Crippen molar-refractivity contribution in [3.05, 3.63) is 34.9 Å². The molecule has 1 aliphatic carbocycles. The summed E-state index contributed by atoms with van der Waals surface area (Å²) in [6, 6.07) is 7.65. The van der Waals surface area contributed by atoms with Crippen LogP contribution in [0.25, 0.3) is 0 Å². The van der Waals surface area contributed by atoms with Crippen molar-refractivity contribution in [3.63, 3.8) is 0 Å². The number of rotatable bonds is 8. The Balaban J connectivity index is 1.89. The van der Waals surface area contributed by atoms with Gasteiger partial charge in [-0.3, -0.25) is 0 Å². The SMILES string of the molecule is CCCCC(CC)CNC(C)c1ccc2c(c1)CCCC2. The number of hydrogen-bond acceptors (Lipinski definition) is 1. The van der Waals surface area contributed by atoms with Gasteiger partial charge in [0.15, 0.2) is 0 Å². The third kappa shape index (κ3) is 4.85. The van der Waals surface area contributed by atoms with Crippen LogP contribution in [-0.4, -0.2) is 6.54 Å². The van der Waals surface area contributed by atoms with Gasteiger partial charge in [-0.15, -0.1) is 0 Å². The molecule has 1 aromatic carbocycles. The van der Waals surface area contributed by atoms with Crippen LogP contribution in [0.3, 0.4) is 0 Å². The number of aryl methyl sites for hydroxylation is 2. The number of nitrogens with one attached hydrogen (secondary N) is 1. The first-order valence-corrected chi connectivity index (χ1v) is 9.09. The Bertz CT molecular complexity index is 424. The molecule has 1 aliphatic rings. The van der Waals surface area contributed by atoms with Crippen molar-refractivity contribution in [2.45, 2.75) is 78.2 Å². The van der Waals surface area contributed by atoms with Gasteiger partial charge in [-0.1, -0.05) is 51.3 Å². The molecule has 2 unspecified atom stereocenters. The van der Waals surface area contributed by atoms with Crippen molar-refractivity contribution in [2.75, 3.05) is 6.54 Å². The van der Waals surface area contributed by atoms with E-state index in [9.17, 15) is 0 Å². The van der Waals surface area contributed by atoms with E-state index in [0.717, 1.165) is 12.5 Å². The van der Waals surface area contributed by atoms with Crippen LogP contribution in [0.4, 0.5) is 0 Å². The van der Waals surface area contributed by atoms with E-state index in [1.165, 1.54) is 56.9 Å². The smallest absolute Gasteiger partial charge is 0.0292 e. The van der Waals surface area contributed by atoms with Crippen molar-refractivity contribution in [1.29, 1.82) is 0 Å². The first kappa shape index (κ1) is 16.5. The quantitative estimate of drug-likeness (QED) is 0.672. The second-order valence-electron chi connectivity index (χ2n) is 6.78. The van der Waals surface area contributed by atoms with Crippen LogP contribution in [0, 0.1) is 5.92 Å². The summed E-state index contributed by atoms with van der Waals surface area (Å²) in [5.41, 5.74) is 4.66. The van der Waals surface area contributed by atoms with Crippen LogP contribution in [0.15, 0.2) is 18.2 Å². The van der Waals surface area contributed by atoms with E-state index in [2.05, 4.69) is 44.3 Å². The normalized spacial score (nSPS) is 17.3. The summed E-state index contributed by atoms with van der Waals surface area (Å²) in [6.07, 6.45) is 10.7. The fourth-order valence-corrected chi connectivity index (χ4v) is 3.43. The standard InChI is InChI=1S/C20H33N/c1-4-6-9-17(5-2)15-21-16(3)19-13-12-18-10-7-8-11-20(18)14-19/h12-14,16-17,21H,4-11,15H2,1-3H3. The van der Waals surface area contributed by atoms with Gasteiger partial charge in [0.05, 0.1) is 0 Å². The summed E-state index contributed by atoms with van der Waals surface area (Å²) in [4.78, 5) is 0. The van der Waals surface area contributed by atoms with E-state index in [1.54, 1.807) is 11.1 Å². The highest BCUT2D eigenvalue weighted by atomic mass is 14.9. The van der Waals surface area contributed by atoms with Crippen LogP contribution in [0.1, 0.15) is 82.0 Å². The Hall–Kier alpha value is -0.820.